The fraction of sp³-hybridized carbons (Fsp3) is 0.226. The molecule has 202 valence electrons. The van der Waals surface area contributed by atoms with E-state index >= 15 is 0 Å². The summed E-state index contributed by atoms with van der Waals surface area (Å²) >= 11 is 0. The van der Waals surface area contributed by atoms with Gasteiger partial charge in [-0.1, -0.05) is 35.9 Å². The third-order valence-electron chi connectivity index (χ3n) is 7.01. The Morgan fingerprint density at radius 1 is 0.718 bits per heavy atom. The number of rotatable bonds is 8. The predicted molar refractivity (Wildman–Crippen MR) is 156 cm³/mol. The molecule has 0 saturated carbocycles. The van der Waals surface area contributed by atoms with Crippen LogP contribution in [0.2, 0.25) is 0 Å². The van der Waals surface area contributed by atoms with Gasteiger partial charge in [-0.15, -0.1) is 0 Å². The van der Waals surface area contributed by atoms with Crippen molar-refractivity contribution >= 4 is 27.1 Å². The monoisotopic (exact) mass is 543 g/mol. The van der Waals surface area contributed by atoms with Gasteiger partial charge in [0, 0.05) is 30.0 Å². The van der Waals surface area contributed by atoms with Gasteiger partial charge in [-0.2, -0.15) is 0 Å². The van der Waals surface area contributed by atoms with E-state index in [1.807, 2.05) is 79.7 Å². The summed E-state index contributed by atoms with van der Waals surface area (Å²) in [4.78, 5) is 4.85. The number of nitrogens with one attached hydrogen (secondary N) is 1. The minimum atomic E-state index is -3.79. The lowest BCUT2D eigenvalue weighted by Gasteiger charge is -2.47. The van der Waals surface area contributed by atoms with Crippen molar-refractivity contribution in [3.05, 3.63) is 108 Å². The molecule has 1 fully saturated rings. The Balaban J connectivity index is 1.60. The Morgan fingerprint density at radius 2 is 1.23 bits per heavy atom. The van der Waals surface area contributed by atoms with E-state index < -0.39 is 10.0 Å². The molecular weight excluding hydrogens is 510 g/mol. The lowest BCUT2D eigenvalue weighted by molar-refractivity contribution is 0.414. The van der Waals surface area contributed by atoms with Crippen LogP contribution in [0.1, 0.15) is 23.7 Å². The molecule has 8 heteroatoms. The molecule has 5 rings (SSSR count). The summed E-state index contributed by atoms with van der Waals surface area (Å²) in [5.41, 5.74) is 4.45. The Morgan fingerprint density at radius 3 is 1.74 bits per heavy atom. The lowest BCUT2D eigenvalue weighted by atomic mass is 10.0. The molecular formula is C31H33N3O4S. The van der Waals surface area contributed by atoms with Crippen LogP contribution in [0.4, 0.5) is 17.1 Å². The van der Waals surface area contributed by atoms with Crippen molar-refractivity contribution in [3.63, 3.8) is 0 Å². The summed E-state index contributed by atoms with van der Waals surface area (Å²) in [6.07, 6.45) is 0.670. The molecule has 1 saturated heterocycles. The van der Waals surface area contributed by atoms with Gasteiger partial charge in [0.2, 0.25) is 0 Å². The van der Waals surface area contributed by atoms with Crippen molar-refractivity contribution in [2.45, 2.75) is 24.4 Å². The van der Waals surface area contributed by atoms with E-state index in [0.717, 1.165) is 53.5 Å². The molecule has 4 aromatic rings. The molecule has 0 unspecified atom stereocenters. The first-order valence-electron chi connectivity index (χ1n) is 12.9. The number of hydrogen-bond donors (Lipinski definition) is 1. The fourth-order valence-corrected chi connectivity index (χ4v) is 6.07. The predicted octanol–water partition coefficient (Wildman–Crippen LogP) is 6.23. The Kier molecular flexibility index (Phi) is 7.65. The van der Waals surface area contributed by atoms with Crippen molar-refractivity contribution in [1.82, 2.24) is 0 Å². The second-order valence-electron chi connectivity index (χ2n) is 9.52. The van der Waals surface area contributed by atoms with Gasteiger partial charge < -0.3 is 19.3 Å². The minimum absolute atomic E-state index is 0.227. The van der Waals surface area contributed by atoms with E-state index in [1.165, 1.54) is 0 Å². The van der Waals surface area contributed by atoms with Gasteiger partial charge in [0.25, 0.3) is 10.0 Å². The van der Waals surface area contributed by atoms with Crippen molar-refractivity contribution in [1.29, 1.82) is 0 Å². The number of sulfonamides is 1. The molecule has 0 amide bonds. The summed E-state index contributed by atoms with van der Waals surface area (Å²) in [6, 6.07) is 30.5. The highest BCUT2D eigenvalue weighted by Crippen LogP contribution is 2.40. The first-order valence-corrected chi connectivity index (χ1v) is 14.4. The molecule has 39 heavy (non-hydrogen) atoms. The van der Waals surface area contributed by atoms with E-state index in [0.29, 0.717) is 5.69 Å². The molecule has 1 heterocycles. The third kappa shape index (κ3) is 5.66. The molecule has 1 aliphatic heterocycles. The number of benzene rings is 4. The number of para-hydroxylation sites is 1. The average Bonchev–Trinajstić information content (AvgIpc) is 2.97. The third-order valence-corrected chi connectivity index (χ3v) is 8.39. The molecule has 0 radical (unpaired) electrons. The van der Waals surface area contributed by atoms with Gasteiger partial charge in [-0.05, 0) is 80.1 Å². The van der Waals surface area contributed by atoms with Crippen LogP contribution in [0.15, 0.2) is 102 Å². The molecule has 0 atom stereocenters. The zero-order valence-electron chi connectivity index (χ0n) is 22.4. The zero-order chi connectivity index (χ0) is 27.4. The Bertz CT molecular complexity index is 1450. The SMILES string of the molecule is COc1ccc(N2CCCN(c3ccc(OC)cc3)C2c2ccccc2NS(=O)(=O)c2ccc(C)cc2)cc1. The van der Waals surface area contributed by atoms with Crippen LogP contribution in [-0.4, -0.2) is 35.7 Å². The number of hydrogen-bond acceptors (Lipinski definition) is 6. The summed E-state index contributed by atoms with van der Waals surface area (Å²) in [5.74, 6) is 1.57. The smallest absolute Gasteiger partial charge is 0.261 e. The van der Waals surface area contributed by atoms with Gasteiger partial charge in [0.1, 0.15) is 17.7 Å². The van der Waals surface area contributed by atoms with Gasteiger partial charge in [-0.3, -0.25) is 4.72 Å². The summed E-state index contributed by atoms with van der Waals surface area (Å²) in [5, 5.41) is 0. The molecule has 0 aromatic heterocycles. The van der Waals surface area contributed by atoms with Crippen LogP contribution in [0.5, 0.6) is 11.5 Å². The molecule has 7 nitrogen and oxygen atoms in total. The first kappa shape index (κ1) is 26.4. The maximum atomic E-state index is 13.4. The largest absolute Gasteiger partial charge is 0.497 e. The van der Waals surface area contributed by atoms with Crippen molar-refractivity contribution < 1.29 is 17.9 Å². The minimum Gasteiger partial charge on any atom is -0.497 e. The number of aryl methyl sites for hydroxylation is 1. The Hall–Kier alpha value is -4.17. The van der Waals surface area contributed by atoms with Gasteiger partial charge in [0.15, 0.2) is 0 Å². The van der Waals surface area contributed by atoms with E-state index in [4.69, 9.17) is 9.47 Å². The molecule has 0 aliphatic carbocycles. The second-order valence-corrected chi connectivity index (χ2v) is 11.2. The molecule has 4 aromatic carbocycles. The number of nitrogens with zero attached hydrogens (tertiary/aromatic N) is 2. The van der Waals surface area contributed by atoms with Crippen molar-refractivity contribution in [3.8, 4) is 11.5 Å². The topological polar surface area (TPSA) is 71.1 Å². The normalized spacial score (nSPS) is 14.2. The maximum Gasteiger partial charge on any atom is 0.261 e. The Labute approximate surface area is 230 Å². The lowest BCUT2D eigenvalue weighted by Crippen LogP contribution is -2.48. The summed E-state index contributed by atoms with van der Waals surface area (Å²) < 4.78 is 40.5. The molecule has 0 bridgehead atoms. The molecule has 0 spiro atoms. The summed E-state index contributed by atoms with van der Waals surface area (Å²) in [6.45, 7) is 3.55. The number of anilines is 3. The van der Waals surface area contributed by atoms with Crippen molar-refractivity contribution in [2.24, 2.45) is 0 Å². The maximum absolute atomic E-state index is 13.4. The molecule has 1 N–H and O–H groups in total. The van der Waals surface area contributed by atoms with Crippen LogP contribution in [0.25, 0.3) is 0 Å². The highest BCUT2D eigenvalue weighted by molar-refractivity contribution is 7.92. The zero-order valence-corrected chi connectivity index (χ0v) is 23.2. The average molecular weight is 544 g/mol. The van der Waals surface area contributed by atoms with E-state index in [1.54, 1.807) is 38.5 Å². The van der Waals surface area contributed by atoms with Crippen LogP contribution in [0.3, 0.4) is 0 Å². The summed E-state index contributed by atoms with van der Waals surface area (Å²) in [7, 11) is -0.487. The standard InChI is InChI=1S/C31H33N3O4S/c1-23-9-19-28(20-10-23)39(35,36)32-30-8-5-4-7-29(30)31-33(24-11-15-26(37-2)16-12-24)21-6-22-34(31)25-13-17-27(38-3)18-14-25/h4-5,7-20,31-32H,6,21-22H2,1-3H3. The van der Waals surface area contributed by atoms with E-state index in [-0.39, 0.29) is 11.1 Å². The van der Waals surface area contributed by atoms with Crippen LogP contribution in [0, 0.1) is 6.92 Å². The highest BCUT2D eigenvalue weighted by atomic mass is 32.2. The van der Waals surface area contributed by atoms with Crippen LogP contribution in [-0.2, 0) is 10.0 Å². The number of methoxy groups -OCH3 is 2. The van der Waals surface area contributed by atoms with E-state index in [9.17, 15) is 8.42 Å². The van der Waals surface area contributed by atoms with Gasteiger partial charge in [-0.25, -0.2) is 8.42 Å². The fourth-order valence-electron chi connectivity index (χ4n) is 4.98. The quantitative estimate of drug-likeness (QED) is 0.284. The molecule has 1 aliphatic rings. The van der Waals surface area contributed by atoms with E-state index in [2.05, 4.69) is 14.5 Å². The van der Waals surface area contributed by atoms with Crippen LogP contribution >= 0.6 is 0 Å². The van der Waals surface area contributed by atoms with Gasteiger partial charge >= 0.3 is 0 Å². The first-order chi connectivity index (χ1) is 18.9. The van der Waals surface area contributed by atoms with Crippen LogP contribution < -0.4 is 24.0 Å². The van der Waals surface area contributed by atoms with Crippen molar-refractivity contribution in [2.75, 3.05) is 41.8 Å². The number of ether oxygens (including phenoxy) is 2. The van der Waals surface area contributed by atoms with Gasteiger partial charge in [0.05, 0.1) is 24.8 Å². The second kappa shape index (κ2) is 11.3. The highest BCUT2D eigenvalue weighted by Gasteiger charge is 2.33.